The number of methoxy groups -OCH3 is 1. The summed E-state index contributed by atoms with van der Waals surface area (Å²) in [4.78, 5) is 4.89. The van der Waals surface area contributed by atoms with E-state index in [0.29, 0.717) is 10.7 Å². The van der Waals surface area contributed by atoms with E-state index < -0.39 is 0 Å². The van der Waals surface area contributed by atoms with E-state index in [0.717, 1.165) is 11.4 Å². The van der Waals surface area contributed by atoms with E-state index in [4.69, 9.17) is 9.72 Å². The summed E-state index contributed by atoms with van der Waals surface area (Å²) in [5.41, 5.74) is 2.26. The number of halogens is 1. The standard InChI is InChI=1S/C17H21NOS2.BrH/c1-17(2)10-13(8-9-21-17)16-18-15(11-20-16)12-4-6-14(19-3)7-5-12;/h4-7,11,13H,8-10H2,1-3H3;1H. The average molecular weight is 400 g/mol. The van der Waals surface area contributed by atoms with Crippen molar-refractivity contribution in [3.8, 4) is 17.0 Å². The van der Waals surface area contributed by atoms with Gasteiger partial charge in [-0.05, 0) is 42.9 Å². The second-order valence-corrected chi connectivity index (χ2v) is 8.79. The van der Waals surface area contributed by atoms with Gasteiger partial charge in [-0.1, -0.05) is 13.8 Å². The van der Waals surface area contributed by atoms with Crippen LogP contribution >= 0.6 is 40.1 Å². The van der Waals surface area contributed by atoms with Crippen LogP contribution in [0.5, 0.6) is 5.75 Å². The maximum Gasteiger partial charge on any atom is 0.118 e. The number of thiazole rings is 1. The molecule has 1 aliphatic rings. The molecule has 1 aromatic heterocycles. The van der Waals surface area contributed by atoms with Gasteiger partial charge in [0.15, 0.2) is 0 Å². The Kier molecular flexibility index (Phi) is 5.97. The molecule has 5 heteroatoms. The Bertz CT molecular complexity index is 609. The van der Waals surface area contributed by atoms with Crippen molar-refractivity contribution in [2.24, 2.45) is 0 Å². The summed E-state index contributed by atoms with van der Waals surface area (Å²) in [6.07, 6.45) is 2.48. The highest BCUT2D eigenvalue weighted by atomic mass is 79.9. The predicted molar refractivity (Wildman–Crippen MR) is 103 cm³/mol. The van der Waals surface area contributed by atoms with Crippen LogP contribution in [-0.2, 0) is 0 Å². The van der Waals surface area contributed by atoms with Gasteiger partial charge in [-0.15, -0.1) is 28.3 Å². The molecule has 1 aromatic carbocycles. The van der Waals surface area contributed by atoms with Crippen molar-refractivity contribution in [2.75, 3.05) is 12.9 Å². The second kappa shape index (κ2) is 7.37. The van der Waals surface area contributed by atoms with Crippen molar-refractivity contribution in [3.63, 3.8) is 0 Å². The molecule has 0 N–H and O–H groups in total. The van der Waals surface area contributed by atoms with E-state index in [1.54, 1.807) is 7.11 Å². The summed E-state index contributed by atoms with van der Waals surface area (Å²) in [5, 5.41) is 3.49. The highest BCUT2D eigenvalue weighted by molar-refractivity contribution is 8.93. The number of aromatic nitrogens is 1. The van der Waals surface area contributed by atoms with E-state index in [-0.39, 0.29) is 17.0 Å². The van der Waals surface area contributed by atoms with Crippen LogP contribution < -0.4 is 4.74 Å². The van der Waals surface area contributed by atoms with Gasteiger partial charge in [-0.2, -0.15) is 11.8 Å². The molecule has 22 heavy (non-hydrogen) atoms. The van der Waals surface area contributed by atoms with E-state index in [1.807, 2.05) is 23.5 Å². The van der Waals surface area contributed by atoms with Crippen LogP contribution in [0.25, 0.3) is 11.3 Å². The van der Waals surface area contributed by atoms with Gasteiger partial charge < -0.3 is 4.74 Å². The van der Waals surface area contributed by atoms with Crippen molar-refractivity contribution in [1.82, 2.24) is 4.98 Å². The summed E-state index contributed by atoms with van der Waals surface area (Å²) >= 11 is 3.90. The number of thioether (sulfide) groups is 1. The Morgan fingerprint density at radius 2 is 1.95 bits per heavy atom. The molecule has 2 aromatic rings. The Morgan fingerprint density at radius 3 is 2.59 bits per heavy atom. The zero-order valence-electron chi connectivity index (χ0n) is 13.2. The fourth-order valence-electron chi connectivity index (χ4n) is 2.81. The number of rotatable bonds is 3. The van der Waals surface area contributed by atoms with Crippen LogP contribution in [0.4, 0.5) is 0 Å². The third kappa shape index (κ3) is 4.06. The maximum atomic E-state index is 5.21. The molecule has 1 aliphatic heterocycles. The topological polar surface area (TPSA) is 22.1 Å². The van der Waals surface area contributed by atoms with Gasteiger partial charge >= 0.3 is 0 Å². The number of benzene rings is 1. The second-order valence-electron chi connectivity index (χ2n) is 6.10. The molecule has 0 bridgehead atoms. The summed E-state index contributed by atoms with van der Waals surface area (Å²) in [6, 6.07) is 8.15. The zero-order chi connectivity index (χ0) is 14.9. The van der Waals surface area contributed by atoms with E-state index in [2.05, 4.69) is 43.1 Å². The van der Waals surface area contributed by atoms with Crippen LogP contribution in [0.15, 0.2) is 29.6 Å². The molecule has 1 fully saturated rings. The third-order valence-electron chi connectivity index (χ3n) is 3.95. The normalized spacial score (nSPS) is 20.2. The predicted octanol–water partition coefficient (Wildman–Crippen LogP) is 5.79. The van der Waals surface area contributed by atoms with Crippen molar-refractivity contribution in [1.29, 1.82) is 0 Å². The number of nitrogens with zero attached hydrogens (tertiary/aromatic N) is 1. The van der Waals surface area contributed by atoms with E-state index >= 15 is 0 Å². The quantitative estimate of drug-likeness (QED) is 0.652. The maximum absolute atomic E-state index is 5.21. The molecule has 0 amide bonds. The first-order chi connectivity index (χ1) is 10.1. The largest absolute Gasteiger partial charge is 0.497 e. The minimum absolute atomic E-state index is 0. The van der Waals surface area contributed by atoms with Gasteiger partial charge in [0.25, 0.3) is 0 Å². The molecule has 120 valence electrons. The molecule has 1 unspecified atom stereocenters. The van der Waals surface area contributed by atoms with Crippen molar-refractivity contribution >= 4 is 40.1 Å². The minimum Gasteiger partial charge on any atom is -0.497 e. The number of ether oxygens (including phenoxy) is 1. The molecular formula is C17H22BrNOS2. The Hall–Kier alpha value is -0.520. The van der Waals surface area contributed by atoms with Gasteiger partial charge in [0.2, 0.25) is 0 Å². The molecule has 0 radical (unpaired) electrons. The van der Waals surface area contributed by atoms with Crippen molar-refractivity contribution in [3.05, 3.63) is 34.7 Å². The molecule has 1 saturated heterocycles. The van der Waals surface area contributed by atoms with Crippen molar-refractivity contribution < 1.29 is 4.74 Å². The van der Waals surface area contributed by atoms with Crippen molar-refractivity contribution in [2.45, 2.75) is 37.4 Å². The highest BCUT2D eigenvalue weighted by Gasteiger charge is 2.31. The Balaban J connectivity index is 0.00000176. The first kappa shape index (κ1) is 17.8. The Morgan fingerprint density at radius 1 is 1.23 bits per heavy atom. The lowest BCUT2D eigenvalue weighted by Gasteiger charge is -2.33. The Labute approximate surface area is 151 Å². The average Bonchev–Trinajstić information content (AvgIpc) is 2.96. The first-order valence-corrected chi connectivity index (χ1v) is 9.18. The molecule has 2 nitrogen and oxygen atoms in total. The SMILES string of the molecule is Br.COc1ccc(-c2csc(C3CCSC(C)(C)C3)n2)cc1. The van der Waals surface area contributed by atoms with Crippen LogP contribution in [-0.4, -0.2) is 22.6 Å². The fourth-order valence-corrected chi connectivity index (χ4v) is 5.05. The molecule has 2 heterocycles. The number of hydrogen-bond donors (Lipinski definition) is 0. The summed E-state index contributed by atoms with van der Waals surface area (Å²) in [7, 11) is 1.69. The van der Waals surface area contributed by atoms with Gasteiger partial charge in [0.1, 0.15) is 5.75 Å². The molecular weight excluding hydrogens is 378 g/mol. The molecule has 1 atom stereocenters. The third-order valence-corrected chi connectivity index (χ3v) is 6.35. The zero-order valence-corrected chi connectivity index (χ0v) is 16.5. The molecule has 0 aliphatic carbocycles. The van der Waals surface area contributed by atoms with Gasteiger partial charge in [-0.25, -0.2) is 4.98 Å². The fraction of sp³-hybridized carbons (Fsp3) is 0.471. The van der Waals surface area contributed by atoms with Crippen LogP contribution in [0, 0.1) is 0 Å². The lowest BCUT2D eigenvalue weighted by Crippen LogP contribution is -2.24. The summed E-state index contributed by atoms with van der Waals surface area (Å²) < 4.78 is 5.59. The van der Waals surface area contributed by atoms with Crippen LogP contribution in [0.1, 0.15) is 37.6 Å². The van der Waals surface area contributed by atoms with E-state index in [1.165, 1.54) is 29.2 Å². The van der Waals surface area contributed by atoms with Crippen LogP contribution in [0.3, 0.4) is 0 Å². The molecule has 0 saturated carbocycles. The van der Waals surface area contributed by atoms with Gasteiger partial charge in [0.05, 0.1) is 17.8 Å². The molecule has 0 spiro atoms. The summed E-state index contributed by atoms with van der Waals surface area (Å²) in [5.74, 6) is 2.76. The summed E-state index contributed by atoms with van der Waals surface area (Å²) in [6.45, 7) is 4.70. The number of hydrogen-bond acceptors (Lipinski definition) is 4. The lowest BCUT2D eigenvalue weighted by molar-refractivity contribution is 0.415. The highest BCUT2D eigenvalue weighted by Crippen LogP contribution is 2.44. The van der Waals surface area contributed by atoms with E-state index in [9.17, 15) is 0 Å². The molecule has 3 rings (SSSR count). The minimum atomic E-state index is 0. The smallest absolute Gasteiger partial charge is 0.118 e. The van der Waals surface area contributed by atoms with Gasteiger partial charge in [-0.3, -0.25) is 0 Å². The lowest BCUT2D eigenvalue weighted by atomic mass is 9.94. The monoisotopic (exact) mass is 399 g/mol. The van der Waals surface area contributed by atoms with Gasteiger partial charge in [0, 0.05) is 21.6 Å². The first-order valence-electron chi connectivity index (χ1n) is 7.31. The van der Waals surface area contributed by atoms with Crippen LogP contribution in [0.2, 0.25) is 0 Å².